The lowest BCUT2D eigenvalue weighted by molar-refractivity contribution is -0.143. The first-order valence-electron chi connectivity index (χ1n) is 8.01. The van der Waals surface area contributed by atoms with E-state index in [2.05, 4.69) is 10.2 Å². The number of hydrogen-bond donors (Lipinski definition) is 2. The third-order valence-corrected chi connectivity index (χ3v) is 4.97. The minimum Gasteiger partial charge on any atom is -0.481 e. The number of carbonyl (C=O) groups excluding carboxylic acids is 1. The van der Waals surface area contributed by atoms with E-state index < -0.39 is 11.4 Å². The van der Waals surface area contributed by atoms with E-state index in [-0.39, 0.29) is 18.9 Å². The maximum Gasteiger partial charge on any atom is 0.316 e. The van der Waals surface area contributed by atoms with Gasteiger partial charge in [0, 0.05) is 24.3 Å². The highest BCUT2D eigenvalue weighted by Gasteiger charge is 2.47. The summed E-state index contributed by atoms with van der Waals surface area (Å²) in [6.07, 6.45) is 0.681. The van der Waals surface area contributed by atoms with Gasteiger partial charge in [-0.05, 0) is 25.8 Å². The quantitative estimate of drug-likeness (QED) is 0.897. The van der Waals surface area contributed by atoms with E-state index in [4.69, 9.17) is 0 Å². The Bertz CT molecular complexity index is 750. The average molecular weight is 327 g/mol. The summed E-state index contributed by atoms with van der Waals surface area (Å²) >= 11 is 0. The summed E-state index contributed by atoms with van der Waals surface area (Å²) in [5.74, 6) is -0.929. The van der Waals surface area contributed by atoms with Crippen LogP contribution in [0.25, 0.3) is 0 Å². The van der Waals surface area contributed by atoms with Crippen molar-refractivity contribution in [1.29, 1.82) is 0 Å². The fraction of sp³-hybridized carbons (Fsp3) is 0.389. The number of aryl methyl sites for hydroxylation is 2. The standard InChI is InChI=1S/C18H21N3O3/c1-12-15(13(2)20-19-12)10-16(22)21-9-8-18(11-21,17(23)24)14-6-4-3-5-7-14/h3-7H,8-11H2,1-2H3,(H,19,20)(H,23,24)/t18-/m0/s1. The van der Waals surface area contributed by atoms with Gasteiger partial charge in [-0.2, -0.15) is 5.10 Å². The number of aromatic amines is 1. The van der Waals surface area contributed by atoms with Crippen molar-refractivity contribution in [3.63, 3.8) is 0 Å². The minimum atomic E-state index is -1.02. The molecule has 0 bridgehead atoms. The molecule has 1 aliphatic rings. The van der Waals surface area contributed by atoms with Crippen molar-refractivity contribution in [2.45, 2.75) is 32.1 Å². The summed E-state index contributed by atoms with van der Waals surface area (Å²) in [6, 6.07) is 9.19. The average Bonchev–Trinajstić information content (AvgIpc) is 3.16. The Morgan fingerprint density at radius 2 is 2.00 bits per heavy atom. The van der Waals surface area contributed by atoms with Crippen LogP contribution in [-0.2, 0) is 21.4 Å². The number of rotatable bonds is 4. The van der Waals surface area contributed by atoms with Crippen LogP contribution in [0.4, 0.5) is 0 Å². The summed E-state index contributed by atoms with van der Waals surface area (Å²) < 4.78 is 0. The monoisotopic (exact) mass is 327 g/mol. The van der Waals surface area contributed by atoms with E-state index in [0.717, 1.165) is 22.5 Å². The molecule has 3 rings (SSSR count). The molecule has 126 valence electrons. The van der Waals surface area contributed by atoms with Crippen LogP contribution >= 0.6 is 0 Å². The second kappa shape index (κ2) is 6.11. The molecule has 1 aromatic heterocycles. The predicted molar refractivity (Wildman–Crippen MR) is 88.7 cm³/mol. The highest BCUT2D eigenvalue weighted by atomic mass is 16.4. The predicted octanol–water partition coefficient (Wildman–Crippen LogP) is 1.82. The normalized spacial score (nSPS) is 20.3. The van der Waals surface area contributed by atoms with Crippen LogP contribution in [0.1, 0.15) is 28.9 Å². The molecule has 1 aromatic carbocycles. The number of carboxylic acids is 1. The fourth-order valence-corrected chi connectivity index (χ4v) is 3.41. The van der Waals surface area contributed by atoms with Gasteiger partial charge in [-0.3, -0.25) is 14.7 Å². The molecule has 2 heterocycles. The number of carboxylic acid groups (broad SMARTS) is 1. The number of nitrogens with zero attached hydrogens (tertiary/aromatic N) is 2. The van der Waals surface area contributed by atoms with Gasteiger partial charge in [0.05, 0.1) is 12.1 Å². The van der Waals surface area contributed by atoms with Gasteiger partial charge in [0.15, 0.2) is 0 Å². The van der Waals surface area contributed by atoms with E-state index in [0.29, 0.717) is 13.0 Å². The van der Waals surface area contributed by atoms with Crippen LogP contribution in [0.3, 0.4) is 0 Å². The smallest absolute Gasteiger partial charge is 0.316 e. The first-order valence-corrected chi connectivity index (χ1v) is 8.01. The molecule has 1 aliphatic heterocycles. The molecule has 1 amide bonds. The molecule has 0 spiro atoms. The Hall–Kier alpha value is -2.63. The van der Waals surface area contributed by atoms with Gasteiger partial charge in [0.1, 0.15) is 5.41 Å². The van der Waals surface area contributed by atoms with E-state index in [9.17, 15) is 14.7 Å². The third kappa shape index (κ3) is 2.68. The number of aromatic nitrogens is 2. The third-order valence-electron chi connectivity index (χ3n) is 4.97. The Kier molecular flexibility index (Phi) is 4.13. The second-order valence-corrected chi connectivity index (χ2v) is 6.41. The number of aliphatic carboxylic acids is 1. The molecule has 0 aliphatic carbocycles. The number of hydrogen-bond acceptors (Lipinski definition) is 3. The molecular weight excluding hydrogens is 306 g/mol. The Morgan fingerprint density at radius 1 is 1.29 bits per heavy atom. The maximum atomic E-state index is 12.7. The number of benzene rings is 1. The van der Waals surface area contributed by atoms with Crippen LogP contribution in [0.15, 0.2) is 30.3 Å². The number of amides is 1. The van der Waals surface area contributed by atoms with Gasteiger partial charge in [-0.25, -0.2) is 0 Å². The van der Waals surface area contributed by atoms with Gasteiger partial charge in [-0.15, -0.1) is 0 Å². The van der Waals surface area contributed by atoms with E-state index in [1.54, 1.807) is 4.90 Å². The maximum absolute atomic E-state index is 12.7. The summed E-state index contributed by atoms with van der Waals surface area (Å²) in [4.78, 5) is 26.3. The highest BCUT2D eigenvalue weighted by molar-refractivity contribution is 5.86. The molecule has 2 N–H and O–H groups in total. The highest BCUT2D eigenvalue weighted by Crippen LogP contribution is 2.35. The molecule has 1 atom stereocenters. The fourth-order valence-electron chi connectivity index (χ4n) is 3.41. The lowest BCUT2D eigenvalue weighted by Crippen LogP contribution is -2.40. The SMILES string of the molecule is Cc1n[nH]c(C)c1CC(=O)N1CC[C@@](C(=O)O)(c2ccccc2)C1. The first kappa shape index (κ1) is 16.2. The Balaban J connectivity index is 1.80. The van der Waals surface area contributed by atoms with Crippen molar-refractivity contribution in [2.75, 3.05) is 13.1 Å². The molecule has 6 heteroatoms. The van der Waals surface area contributed by atoms with Crippen molar-refractivity contribution in [2.24, 2.45) is 0 Å². The largest absolute Gasteiger partial charge is 0.481 e. The zero-order valence-electron chi connectivity index (χ0n) is 13.9. The molecule has 1 fully saturated rings. The number of nitrogens with one attached hydrogen (secondary N) is 1. The topological polar surface area (TPSA) is 86.3 Å². The molecule has 2 aromatic rings. The van der Waals surface area contributed by atoms with Crippen LogP contribution in [0.2, 0.25) is 0 Å². The van der Waals surface area contributed by atoms with Gasteiger partial charge in [-0.1, -0.05) is 30.3 Å². The van der Waals surface area contributed by atoms with Crippen molar-refractivity contribution < 1.29 is 14.7 Å². The van der Waals surface area contributed by atoms with Crippen molar-refractivity contribution in [3.8, 4) is 0 Å². The molecule has 0 unspecified atom stereocenters. The lowest BCUT2D eigenvalue weighted by Gasteiger charge is -2.25. The van der Waals surface area contributed by atoms with Crippen molar-refractivity contribution in [1.82, 2.24) is 15.1 Å². The van der Waals surface area contributed by atoms with Crippen molar-refractivity contribution >= 4 is 11.9 Å². The molecule has 0 saturated carbocycles. The van der Waals surface area contributed by atoms with Gasteiger partial charge in [0.2, 0.25) is 5.91 Å². The van der Waals surface area contributed by atoms with E-state index in [1.807, 2.05) is 44.2 Å². The molecule has 1 saturated heterocycles. The zero-order valence-corrected chi connectivity index (χ0v) is 13.9. The Labute approximate surface area is 140 Å². The summed E-state index contributed by atoms with van der Waals surface area (Å²) in [7, 11) is 0. The summed E-state index contributed by atoms with van der Waals surface area (Å²) in [5.41, 5.74) is 2.33. The first-order chi connectivity index (χ1) is 11.4. The second-order valence-electron chi connectivity index (χ2n) is 6.41. The molecule has 0 radical (unpaired) electrons. The minimum absolute atomic E-state index is 0.0540. The van der Waals surface area contributed by atoms with E-state index >= 15 is 0 Å². The lowest BCUT2D eigenvalue weighted by atomic mass is 9.80. The van der Waals surface area contributed by atoms with Gasteiger partial charge in [0.25, 0.3) is 0 Å². The Morgan fingerprint density at radius 3 is 2.58 bits per heavy atom. The number of carbonyl (C=O) groups is 2. The zero-order chi connectivity index (χ0) is 17.3. The summed E-state index contributed by atoms with van der Waals surface area (Å²) in [6.45, 7) is 4.41. The van der Waals surface area contributed by atoms with Gasteiger partial charge < -0.3 is 10.0 Å². The van der Waals surface area contributed by atoms with Crippen LogP contribution in [-0.4, -0.2) is 45.2 Å². The van der Waals surface area contributed by atoms with Crippen molar-refractivity contribution in [3.05, 3.63) is 52.8 Å². The van der Waals surface area contributed by atoms with Crippen LogP contribution in [0.5, 0.6) is 0 Å². The molecule has 24 heavy (non-hydrogen) atoms. The molecular formula is C18H21N3O3. The summed E-state index contributed by atoms with van der Waals surface area (Å²) in [5, 5.41) is 16.8. The van der Waals surface area contributed by atoms with Gasteiger partial charge >= 0.3 is 5.97 Å². The number of likely N-dealkylation sites (tertiary alicyclic amines) is 1. The van der Waals surface area contributed by atoms with E-state index in [1.165, 1.54) is 0 Å². The molecule has 6 nitrogen and oxygen atoms in total. The number of H-pyrrole nitrogens is 1. The van der Waals surface area contributed by atoms with Crippen LogP contribution in [0, 0.1) is 13.8 Å². The van der Waals surface area contributed by atoms with Crippen LogP contribution < -0.4 is 0 Å².